The molecule has 0 fully saturated rings. The van der Waals surface area contributed by atoms with Crippen molar-refractivity contribution in [2.75, 3.05) is 12.3 Å². The van der Waals surface area contributed by atoms with Crippen LogP contribution in [0.1, 0.15) is 16.7 Å². The second kappa shape index (κ2) is 7.51. The van der Waals surface area contributed by atoms with Crippen LogP contribution in [0.5, 0.6) is 0 Å². The minimum absolute atomic E-state index is 0.292. The Hall–Kier alpha value is -1.97. The summed E-state index contributed by atoms with van der Waals surface area (Å²) in [7, 11) is 0. The topological polar surface area (TPSA) is 12.4 Å². The smallest absolute Gasteiger partial charge is 0.126 e. The highest BCUT2D eigenvalue weighted by Crippen LogP contribution is 2.50. The molecule has 0 radical (unpaired) electrons. The van der Waals surface area contributed by atoms with Crippen molar-refractivity contribution in [3.05, 3.63) is 108 Å². The highest BCUT2D eigenvalue weighted by Gasteiger charge is 2.39. The number of nitrogens with zero attached hydrogens (tertiary/aromatic N) is 1. The van der Waals surface area contributed by atoms with Gasteiger partial charge < -0.3 is 0 Å². The first-order valence-electron chi connectivity index (χ1n) is 8.42. The quantitative estimate of drug-likeness (QED) is 0.543. The number of rotatable bonds is 4. The summed E-state index contributed by atoms with van der Waals surface area (Å²) in [4.78, 5) is 4.74. The van der Waals surface area contributed by atoms with E-state index in [2.05, 4.69) is 91.0 Å². The highest BCUT2D eigenvalue weighted by molar-refractivity contribution is 8.39. The lowest BCUT2D eigenvalue weighted by Gasteiger charge is -2.35. The number of aliphatic imine (C=N–C) groups is 1. The predicted molar refractivity (Wildman–Crippen MR) is 112 cm³/mol. The molecule has 1 heterocycles. The van der Waals surface area contributed by atoms with E-state index < -0.39 is 0 Å². The van der Waals surface area contributed by atoms with Gasteiger partial charge in [0.25, 0.3) is 0 Å². The Morgan fingerprint density at radius 3 is 1.48 bits per heavy atom. The molecule has 0 aliphatic carbocycles. The van der Waals surface area contributed by atoms with Gasteiger partial charge in [-0.25, -0.2) is 0 Å². The fraction of sp³-hybridized carbons (Fsp3) is 0.136. The highest BCUT2D eigenvalue weighted by atomic mass is 32.2. The summed E-state index contributed by atoms with van der Waals surface area (Å²) < 4.78 is 0.886. The second-order valence-corrected chi connectivity index (χ2v) is 8.42. The van der Waals surface area contributed by atoms with Crippen molar-refractivity contribution in [3.63, 3.8) is 0 Å². The molecule has 25 heavy (non-hydrogen) atoms. The maximum absolute atomic E-state index is 4.74. The Balaban J connectivity index is 1.97. The zero-order valence-electron chi connectivity index (χ0n) is 13.8. The Labute approximate surface area is 157 Å². The third-order valence-electron chi connectivity index (χ3n) is 4.34. The lowest BCUT2D eigenvalue weighted by Crippen LogP contribution is -2.26. The fourth-order valence-corrected chi connectivity index (χ4v) is 5.78. The van der Waals surface area contributed by atoms with Gasteiger partial charge >= 0.3 is 0 Å². The van der Waals surface area contributed by atoms with Crippen LogP contribution in [0, 0.1) is 0 Å². The Bertz CT molecular complexity index is 748. The molecule has 0 N–H and O–H groups in total. The summed E-state index contributed by atoms with van der Waals surface area (Å²) in [6, 6.07) is 32.4. The van der Waals surface area contributed by atoms with Crippen LogP contribution in [-0.4, -0.2) is 16.7 Å². The largest absolute Gasteiger partial charge is 0.271 e. The monoisotopic (exact) mass is 361 g/mol. The molecule has 0 saturated carbocycles. The molecule has 0 bridgehead atoms. The molecule has 1 nitrogen and oxygen atoms in total. The summed E-state index contributed by atoms with van der Waals surface area (Å²) in [6.45, 7) is 0.918. The molecule has 1 aliphatic heterocycles. The van der Waals surface area contributed by atoms with Gasteiger partial charge in [-0.1, -0.05) is 115 Å². The predicted octanol–water partition coefficient (Wildman–Crippen LogP) is 5.81. The molecular formula is C22H19NS2. The van der Waals surface area contributed by atoms with Crippen LogP contribution < -0.4 is 0 Å². The molecule has 3 aromatic carbocycles. The SMILES string of the molecule is c1ccc(C(SC2=NCCS2)(c2ccccc2)c2ccccc2)cc1. The van der Waals surface area contributed by atoms with Gasteiger partial charge in [0.1, 0.15) is 4.38 Å². The van der Waals surface area contributed by atoms with E-state index in [0.29, 0.717) is 0 Å². The van der Waals surface area contributed by atoms with Crippen LogP contribution in [-0.2, 0) is 4.75 Å². The van der Waals surface area contributed by atoms with E-state index in [-0.39, 0.29) is 4.75 Å². The molecule has 4 rings (SSSR count). The van der Waals surface area contributed by atoms with E-state index in [1.165, 1.54) is 21.1 Å². The molecule has 3 heteroatoms. The van der Waals surface area contributed by atoms with E-state index in [0.717, 1.165) is 12.3 Å². The molecule has 1 aliphatic rings. The maximum Gasteiger partial charge on any atom is 0.126 e. The van der Waals surface area contributed by atoms with Crippen molar-refractivity contribution in [1.82, 2.24) is 0 Å². The van der Waals surface area contributed by atoms with E-state index in [4.69, 9.17) is 4.99 Å². The third-order valence-corrected chi connectivity index (χ3v) is 7.02. The summed E-state index contributed by atoms with van der Waals surface area (Å²) in [5, 5.41) is 0. The second-order valence-electron chi connectivity index (χ2n) is 5.88. The molecule has 0 saturated heterocycles. The average Bonchev–Trinajstić information content (AvgIpc) is 3.21. The Kier molecular flexibility index (Phi) is 4.95. The van der Waals surface area contributed by atoms with Crippen molar-refractivity contribution in [2.24, 2.45) is 4.99 Å². The summed E-state index contributed by atoms with van der Waals surface area (Å²) in [6.07, 6.45) is 0. The van der Waals surface area contributed by atoms with Gasteiger partial charge in [-0.2, -0.15) is 0 Å². The standard InChI is InChI=1S/C22H19NS2/c1-4-10-18(11-5-1)22(19-12-6-2-7-13-19,20-14-8-3-9-15-20)25-21-23-16-17-24-21/h1-15H,16-17H2. The first-order valence-corrected chi connectivity index (χ1v) is 10.2. The van der Waals surface area contributed by atoms with Crippen molar-refractivity contribution in [1.29, 1.82) is 0 Å². The summed E-state index contributed by atoms with van der Waals surface area (Å²) >= 11 is 3.74. The van der Waals surface area contributed by atoms with Crippen molar-refractivity contribution < 1.29 is 0 Å². The molecule has 124 valence electrons. The van der Waals surface area contributed by atoms with Crippen LogP contribution >= 0.6 is 23.5 Å². The van der Waals surface area contributed by atoms with Gasteiger partial charge in [0, 0.05) is 5.75 Å². The van der Waals surface area contributed by atoms with E-state index in [1.807, 2.05) is 23.5 Å². The van der Waals surface area contributed by atoms with E-state index >= 15 is 0 Å². The van der Waals surface area contributed by atoms with Crippen molar-refractivity contribution >= 4 is 27.9 Å². The van der Waals surface area contributed by atoms with Crippen LogP contribution in [0.4, 0.5) is 0 Å². The minimum Gasteiger partial charge on any atom is -0.271 e. The van der Waals surface area contributed by atoms with Crippen molar-refractivity contribution in [3.8, 4) is 0 Å². The van der Waals surface area contributed by atoms with Gasteiger partial charge in [-0.05, 0) is 16.7 Å². The first kappa shape index (κ1) is 16.5. The summed E-state index contributed by atoms with van der Waals surface area (Å²) in [5.41, 5.74) is 3.85. The lowest BCUT2D eigenvalue weighted by molar-refractivity contribution is 0.901. The first-order chi connectivity index (χ1) is 12.4. The van der Waals surface area contributed by atoms with Crippen LogP contribution in [0.2, 0.25) is 0 Å². The number of hydrogen-bond donors (Lipinski definition) is 0. The molecular weight excluding hydrogens is 342 g/mol. The number of hydrogen-bond acceptors (Lipinski definition) is 3. The van der Waals surface area contributed by atoms with Crippen molar-refractivity contribution in [2.45, 2.75) is 4.75 Å². The lowest BCUT2D eigenvalue weighted by atomic mass is 9.84. The Morgan fingerprint density at radius 2 is 1.12 bits per heavy atom. The minimum atomic E-state index is -0.292. The maximum atomic E-state index is 4.74. The molecule has 0 atom stereocenters. The van der Waals surface area contributed by atoms with Gasteiger partial charge in [-0.15, -0.1) is 0 Å². The summed E-state index contributed by atoms with van der Waals surface area (Å²) in [5.74, 6) is 1.08. The fourth-order valence-electron chi connectivity index (χ4n) is 3.20. The zero-order valence-corrected chi connectivity index (χ0v) is 15.5. The normalized spacial score (nSPS) is 14.3. The Morgan fingerprint density at radius 1 is 0.680 bits per heavy atom. The molecule has 3 aromatic rings. The molecule has 0 amide bonds. The van der Waals surface area contributed by atoms with Gasteiger partial charge in [0.05, 0.1) is 11.3 Å². The van der Waals surface area contributed by atoms with Crippen LogP contribution in [0.15, 0.2) is 96.0 Å². The van der Waals surface area contributed by atoms with E-state index in [9.17, 15) is 0 Å². The van der Waals surface area contributed by atoms with Gasteiger partial charge in [0.15, 0.2) is 0 Å². The molecule has 0 unspecified atom stereocenters. The van der Waals surface area contributed by atoms with Crippen LogP contribution in [0.3, 0.4) is 0 Å². The van der Waals surface area contributed by atoms with Gasteiger partial charge in [0.2, 0.25) is 0 Å². The van der Waals surface area contributed by atoms with E-state index in [1.54, 1.807) is 0 Å². The number of benzene rings is 3. The third kappa shape index (κ3) is 3.26. The molecule has 0 aromatic heterocycles. The van der Waals surface area contributed by atoms with Crippen LogP contribution in [0.25, 0.3) is 0 Å². The average molecular weight is 362 g/mol. The molecule has 0 spiro atoms. The van der Waals surface area contributed by atoms with Gasteiger partial charge in [-0.3, -0.25) is 4.99 Å². The zero-order chi connectivity index (χ0) is 17.0. The number of thioether (sulfide) groups is 2.